The summed E-state index contributed by atoms with van der Waals surface area (Å²) < 4.78 is 68.7. The highest BCUT2D eigenvalue weighted by atomic mass is 32.2. The third kappa shape index (κ3) is 6.54. The molecule has 1 aliphatic rings. The normalized spacial score (nSPS) is 14.9. The Bertz CT molecular complexity index is 789. The van der Waals surface area contributed by atoms with E-state index < -0.39 is 33.2 Å². The van der Waals surface area contributed by atoms with E-state index in [2.05, 4.69) is 9.17 Å². The highest BCUT2D eigenvalue weighted by molar-refractivity contribution is 7.87. The van der Waals surface area contributed by atoms with Gasteiger partial charge in [-0.05, 0) is 32.8 Å². The van der Waals surface area contributed by atoms with Crippen molar-refractivity contribution in [1.29, 1.82) is 0 Å². The minimum atomic E-state index is -5.78. The van der Waals surface area contributed by atoms with Gasteiger partial charge >= 0.3 is 21.7 Å². The second-order valence-electron chi connectivity index (χ2n) is 6.71. The fourth-order valence-corrected chi connectivity index (χ4v) is 2.69. The van der Waals surface area contributed by atoms with Gasteiger partial charge in [0.05, 0.1) is 0 Å². The summed E-state index contributed by atoms with van der Waals surface area (Å²) in [5.41, 5.74) is -5.10. The first-order valence-electron chi connectivity index (χ1n) is 8.76. The van der Waals surface area contributed by atoms with Crippen molar-refractivity contribution in [3.8, 4) is 5.88 Å². The molecule has 2 heterocycles. The summed E-state index contributed by atoms with van der Waals surface area (Å²) in [6.07, 6.45) is 0.146. The van der Waals surface area contributed by atoms with Crippen LogP contribution < -0.4 is 4.18 Å². The van der Waals surface area contributed by atoms with Crippen LogP contribution in [-0.2, 0) is 27.7 Å². The van der Waals surface area contributed by atoms with Gasteiger partial charge in [0, 0.05) is 31.3 Å². The highest BCUT2D eigenvalue weighted by Crippen LogP contribution is 2.27. The number of ether oxygens (including phenoxy) is 1. The number of alkyl halides is 3. The zero-order chi connectivity index (χ0) is 21.8. The van der Waals surface area contributed by atoms with E-state index in [1.165, 1.54) is 11.0 Å². The van der Waals surface area contributed by atoms with Gasteiger partial charge in [0.15, 0.2) is 0 Å². The fourth-order valence-electron chi connectivity index (χ4n) is 2.28. The molecule has 1 aromatic heterocycles. The van der Waals surface area contributed by atoms with Crippen LogP contribution in [-0.4, -0.2) is 48.6 Å². The van der Waals surface area contributed by atoms with Gasteiger partial charge in [0.25, 0.3) is 0 Å². The van der Waals surface area contributed by atoms with Crippen LogP contribution in [0.2, 0.25) is 0 Å². The second-order valence-corrected chi connectivity index (χ2v) is 8.24. The summed E-state index contributed by atoms with van der Waals surface area (Å²) in [5.74, 6) is -0.660. The molecule has 11 heteroatoms. The van der Waals surface area contributed by atoms with E-state index in [0.29, 0.717) is 24.2 Å². The Morgan fingerprint density at radius 2 is 1.68 bits per heavy atom. The first-order chi connectivity index (χ1) is 12.8. The summed E-state index contributed by atoms with van der Waals surface area (Å²) in [4.78, 5) is 17.5. The average molecular weight is 426 g/mol. The molecule has 0 spiro atoms. The first kappa shape index (κ1) is 24.0. The molecule has 2 rings (SSSR count). The Morgan fingerprint density at radius 3 is 2.21 bits per heavy atom. The molecule has 28 heavy (non-hydrogen) atoms. The van der Waals surface area contributed by atoms with Crippen LogP contribution in [0.3, 0.4) is 0 Å². The van der Waals surface area contributed by atoms with Gasteiger partial charge in [-0.1, -0.05) is 19.9 Å². The number of rotatable bonds is 2. The van der Waals surface area contributed by atoms with Gasteiger partial charge in [-0.3, -0.25) is 0 Å². The number of hydrogen-bond acceptors (Lipinski definition) is 6. The van der Waals surface area contributed by atoms with Crippen LogP contribution in [0, 0.1) is 0 Å². The maximum Gasteiger partial charge on any atom is 0.534 e. The van der Waals surface area contributed by atoms with Gasteiger partial charge in [0.2, 0.25) is 5.88 Å². The predicted octanol–water partition coefficient (Wildman–Crippen LogP) is 3.67. The number of carbonyl (C=O) groups is 1. The molecule has 0 atom stereocenters. The maximum atomic E-state index is 12.4. The zero-order valence-corrected chi connectivity index (χ0v) is 17.3. The molecular weight excluding hydrogens is 401 g/mol. The van der Waals surface area contributed by atoms with Gasteiger partial charge in [0.1, 0.15) is 5.60 Å². The van der Waals surface area contributed by atoms with Crippen molar-refractivity contribution >= 4 is 16.2 Å². The number of amides is 1. The van der Waals surface area contributed by atoms with Gasteiger partial charge in [-0.15, -0.1) is 0 Å². The van der Waals surface area contributed by atoms with E-state index in [1.54, 1.807) is 20.8 Å². The van der Waals surface area contributed by atoms with Crippen molar-refractivity contribution in [3.05, 3.63) is 23.4 Å². The number of fused-ring (bicyclic) bond motifs is 1. The van der Waals surface area contributed by atoms with Crippen molar-refractivity contribution in [2.75, 3.05) is 13.1 Å². The fraction of sp³-hybridized carbons (Fsp3) is 0.647. The lowest BCUT2D eigenvalue weighted by atomic mass is 10.1. The van der Waals surface area contributed by atoms with Crippen LogP contribution >= 0.6 is 0 Å². The number of aromatic nitrogens is 1. The zero-order valence-electron chi connectivity index (χ0n) is 16.5. The van der Waals surface area contributed by atoms with E-state index in [-0.39, 0.29) is 13.0 Å². The highest BCUT2D eigenvalue weighted by Gasteiger charge is 2.48. The van der Waals surface area contributed by atoms with Crippen molar-refractivity contribution in [2.45, 2.75) is 58.6 Å². The molecule has 0 bridgehead atoms. The maximum absolute atomic E-state index is 12.4. The first-order valence-corrected chi connectivity index (χ1v) is 10.2. The molecule has 1 aliphatic heterocycles. The Labute approximate surface area is 163 Å². The molecule has 0 unspecified atom stereocenters. The molecule has 1 amide bonds. The summed E-state index contributed by atoms with van der Waals surface area (Å²) in [6.45, 7) is 9.81. The molecule has 0 radical (unpaired) electrons. The van der Waals surface area contributed by atoms with Crippen LogP contribution in [0.15, 0.2) is 12.1 Å². The van der Waals surface area contributed by atoms with Crippen molar-refractivity contribution in [2.24, 2.45) is 0 Å². The number of nitrogens with zero attached hydrogens (tertiary/aromatic N) is 2. The summed E-state index contributed by atoms with van der Waals surface area (Å²) in [5, 5.41) is 0. The lowest BCUT2D eigenvalue weighted by Crippen LogP contribution is -2.38. The number of carbonyl (C=O) groups excluding carboxylic acids is 1. The van der Waals surface area contributed by atoms with Crippen molar-refractivity contribution in [1.82, 2.24) is 9.88 Å². The Balaban J connectivity index is 0.00000190. The van der Waals surface area contributed by atoms with E-state index in [4.69, 9.17) is 4.74 Å². The van der Waals surface area contributed by atoms with Crippen molar-refractivity contribution in [3.63, 3.8) is 0 Å². The molecule has 0 aliphatic carbocycles. The molecule has 0 fully saturated rings. The predicted molar refractivity (Wildman–Crippen MR) is 96.4 cm³/mol. The lowest BCUT2D eigenvalue weighted by molar-refractivity contribution is -0.0501. The summed E-state index contributed by atoms with van der Waals surface area (Å²) >= 11 is 0. The van der Waals surface area contributed by atoms with E-state index in [0.717, 1.165) is 6.07 Å². The number of pyridine rings is 1. The average Bonchev–Trinajstić information content (AvgIpc) is 2.76. The standard InChI is InChI=1S/C15H19F3N2O5S.C2H6/c1-14(2,3)24-13(21)20-8-6-10-4-5-12(19-11(10)7-9-20)25-26(22,23)15(16,17)18;1-2/h4-5H,6-9H2,1-3H3;1-2H3. The molecule has 160 valence electrons. The van der Waals surface area contributed by atoms with E-state index in [1.807, 2.05) is 13.8 Å². The quantitative estimate of drug-likeness (QED) is 0.530. The lowest BCUT2D eigenvalue weighted by Gasteiger charge is -2.26. The van der Waals surface area contributed by atoms with Gasteiger partial charge in [-0.25, -0.2) is 9.78 Å². The molecule has 7 nitrogen and oxygen atoms in total. The van der Waals surface area contributed by atoms with Crippen LogP contribution in [0.5, 0.6) is 5.88 Å². The summed E-state index contributed by atoms with van der Waals surface area (Å²) in [6, 6.07) is 2.51. The molecule has 0 saturated carbocycles. The molecular formula is C17H25F3N2O5S. The minimum Gasteiger partial charge on any atom is -0.444 e. The van der Waals surface area contributed by atoms with E-state index in [9.17, 15) is 26.4 Å². The Morgan fingerprint density at radius 1 is 1.11 bits per heavy atom. The molecule has 1 aromatic rings. The molecule has 0 saturated heterocycles. The largest absolute Gasteiger partial charge is 0.534 e. The van der Waals surface area contributed by atoms with E-state index >= 15 is 0 Å². The molecule has 0 aromatic carbocycles. The van der Waals surface area contributed by atoms with Gasteiger partial charge in [-0.2, -0.15) is 21.6 Å². The second kappa shape index (κ2) is 8.97. The van der Waals surface area contributed by atoms with Crippen LogP contribution in [0.4, 0.5) is 18.0 Å². The third-order valence-electron chi connectivity index (χ3n) is 3.44. The third-order valence-corrected chi connectivity index (χ3v) is 4.40. The smallest absolute Gasteiger partial charge is 0.444 e. The topological polar surface area (TPSA) is 85.8 Å². The Hall–Kier alpha value is -2.04. The summed E-state index contributed by atoms with van der Waals surface area (Å²) in [7, 11) is -5.78. The monoisotopic (exact) mass is 426 g/mol. The molecule has 0 N–H and O–H groups in total. The van der Waals surface area contributed by atoms with Crippen molar-refractivity contribution < 1.29 is 35.3 Å². The van der Waals surface area contributed by atoms with Crippen LogP contribution in [0.1, 0.15) is 45.9 Å². The van der Waals surface area contributed by atoms with Crippen LogP contribution in [0.25, 0.3) is 0 Å². The number of halogens is 3. The SMILES string of the molecule is CC.CC(C)(C)OC(=O)N1CCc2ccc(OS(=O)(=O)C(F)(F)F)nc2CC1. The minimum absolute atomic E-state index is 0.234. The number of hydrogen-bond donors (Lipinski definition) is 0. The Kier molecular flexibility index (Phi) is 7.69. The van der Waals surface area contributed by atoms with Gasteiger partial charge < -0.3 is 13.8 Å².